The molecule has 0 radical (unpaired) electrons. The number of piperazine rings is 1. The molecule has 0 aliphatic carbocycles. The highest BCUT2D eigenvalue weighted by molar-refractivity contribution is 5.92. The van der Waals surface area contributed by atoms with Crippen LogP contribution in [0.4, 0.5) is 17.3 Å². The number of hydrazine groups is 1. The van der Waals surface area contributed by atoms with Gasteiger partial charge in [-0.1, -0.05) is 6.92 Å². The summed E-state index contributed by atoms with van der Waals surface area (Å²) >= 11 is 0. The summed E-state index contributed by atoms with van der Waals surface area (Å²) in [5.41, 5.74) is 11.8. The lowest BCUT2D eigenvalue weighted by Gasteiger charge is -2.35. The third-order valence-electron chi connectivity index (χ3n) is 4.02. The Labute approximate surface area is 139 Å². The van der Waals surface area contributed by atoms with Gasteiger partial charge in [0.05, 0.1) is 6.26 Å². The minimum absolute atomic E-state index is 0.200. The first-order valence-electron chi connectivity index (χ1n) is 7.86. The first-order valence-corrected chi connectivity index (χ1v) is 7.86. The van der Waals surface area contributed by atoms with Crippen LogP contribution in [0.3, 0.4) is 0 Å². The zero-order valence-electron chi connectivity index (χ0n) is 13.5. The van der Waals surface area contributed by atoms with Gasteiger partial charge in [0.1, 0.15) is 12.0 Å². The maximum absolute atomic E-state index is 11.9. The Balaban J connectivity index is 1.66. The molecule has 1 aliphatic heterocycles. The van der Waals surface area contributed by atoms with Crippen LogP contribution in [0.5, 0.6) is 0 Å². The summed E-state index contributed by atoms with van der Waals surface area (Å²) in [5.74, 6) is 0.829. The average molecular weight is 331 g/mol. The Kier molecular flexibility index (Phi) is 4.80. The van der Waals surface area contributed by atoms with Crippen LogP contribution in [-0.2, 0) is 0 Å². The highest BCUT2D eigenvalue weighted by Gasteiger charge is 2.20. The van der Waals surface area contributed by atoms with Crippen molar-refractivity contribution in [1.82, 2.24) is 20.3 Å². The van der Waals surface area contributed by atoms with Crippen LogP contribution in [0.1, 0.15) is 17.5 Å². The summed E-state index contributed by atoms with van der Waals surface area (Å²) in [6.07, 6.45) is 2.86. The largest absolute Gasteiger partial charge is 0.459 e. The van der Waals surface area contributed by atoms with Crippen molar-refractivity contribution in [2.24, 2.45) is 0 Å². The van der Waals surface area contributed by atoms with E-state index in [1.54, 1.807) is 12.1 Å². The zero-order chi connectivity index (χ0) is 16.9. The number of nitrogen functional groups attached to an aromatic ring is 1. The van der Waals surface area contributed by atoms with E-state index in [4.69, 9.17) is 10.2 Å². The van der Waals surface area contributed by atoms with E-state index < -0.39 is 5.91 Å². The molecule has 9 nitrogen and oxygen atoms in total. The van der Waals surface area contributed by atoms with Crippen LogP contribution in [0.2, 0.25) is 0 Å². The number of nitrogens with zero attached hydrogens (tertiary/aromatic N) is 4. The summed E-state index contributed by atoms with van der Waals surface area (Å²) in [6.45, 7) is 6.84. The number of furan rings is 1. The molecule has 0 unspecified atom stereocenters. The van der Waals surface area contributed by atoms with Gasteiger partial charge in [0.15, 0.2) is 17.4 Å². The third kappa shape index (κ3) is 3.40. The fourth-order valence-electron chi connectivity index (χ4n) is 2.60. The first kappa shape index (κ1) is 16.1. The van der Waals surface area contributed by atoms with Crippen molar-refractivity contribution >= 4 is 23.2 Å². The Bertz CT molecular complexity index is 681. The molecular weight excluding hydrogens is 310 g/mol. The van der Waals surface area contributed by atoms with Crippen LogP contribution in [0, 0.1) is 0 Å². The van der Waals surface area contributed by atoms with Gasteiger partial charge in [0.2, 0.25) is 0 Å². The van der Waals surface area contributed by atoms with Crippen molar-refractivity contribution in [1.29, 1.82) is 0 Å². The number of amides is 1. The predicted molar refractivity (Wildman–Crippen MR) is 90.6 cm³/mol. The smallest absolute Gasteiger partial charge is 0.305 e. The monoisotopic (exact) mass is 331 g/mol. The molecule has 4 N–H and O–H groups in total. The van der Waals surface area contributed by atoms with Gasteiger partial charge in [-0.15, -0.1) is 0 Å². The molecule has 0 atom stereocenters. The molecule has 1 aliphatic rings. The van der Waals surface area contributed by atoms with E-state index >= 15 is 0 Å². The van der Waals surface area contributed by atoms with Crippen LogP contribution in [0.25, 0.3) is 0 Å². The number of carbonyl (C=O) groups is 1. The summed E-state index contributed by atoms with van der Waals surface area (Å²) in [6, 6.07) is 3.21. The Morgan fingerprint density at radius 2 is 2.12 bits per heavy atom. The number of likely N-dealkylation sites (N-methyl/N-ethyl adjacent to an activating group) is 1. The first-order chi connectivity index (χ1) is 11.7. The van der Waals surface area contributed by atoms with Crippen molar-refractivity contribution in [3.05, 3.63) is 30.5 Å². The van der Waals surface area contributed by atoms with E-state index in [-0.39, 0.29) is 5.76 Å². The molecule has 0 saturated carbocycles. The maximum atomic E-state index is 11.9. The lowest BCUT2D eigenvalue weighted by Crippen LogP contribution is -2.46. The van der Waals surface area contributed by atoms with Gasteiger partial charge in [-0.05, 0) is 18.7 Å². The lowest BCUT2D eigenvalue weighted by molar-refractivity contribution is 0.0935. The molecular formula is C15H21N7O2. The van der Waals surface area contributed by atoms with Crippen LogP contribution in [0.15, 0.2) is 29.1 Å². The number of carbonyl (C=O) groups excluding carboxylic acids is 1. The average Bonchev–Trinajstić information content (AvgIpc) is 3.15. The van der Waals surface area contributed by atoms with E-state index in [9.17, 15) is 4.79 Å². The number of nitrogens with one attached hydrogen (secondary N) is 2. The summed E-state index contributed by atoms with van der Waals surface area (Å²) < 4.78 is 5.02. The van der Waals surface area contributed by atoms with Gasteiger partial charge in [-0.25, -0.2) is 9.97 Å². The van der Waals surface area contributed by atoms with Crippen molar-refractivity contribution < 1.29 is 9.21 Å². The second-order valence-electron chi connectivity index (χ2n) is 5.44. The van der Waals surface area contributed by atoms with Crippen molar-refractivity contribution in [3.8, 4) is 0 Å². The Morgan fingerprint density at radius 3 is 2.79 bits per heavy atom. The molecule has 0 bridgehead atoms. The van der Waals surface area contributed by atoms with Crippen LogP contribution < -0.4 is 21.5 Å². The third-order valence-corrected chi connectivity index (χ3v) is 4.02. The van der Waals surface area contributed by atoms with Crippen LogP contribution in [-0.4, -0.2) is 53.5 Å². The molecule has 128 valence electrons. The summed E-state index contributed by atoms with van der Waals surface area (Å²) in [7, 11) is 0. The fraction of sp³-hybridized carbons (Fsp3) is 0.400. The van der Waals surface area contributed by atoms with Gasteiger partial charge in [0, 0.05) is 26.2 Å². The van der Waals surface area contributed by atoms with E-state index in [0.29, 0.717) is 17.3 Å². The number of aromatic nitrogens is 2. The minimum atomic E-state index is -0.406. The predicted octanol–water partition coefficient (Wildman–Crippen LogP) is 0.551. The number of nitrogens with two attached hydrogens (primary N) is 1. The normalized spacial score (nSPS) is 15.3. The van der Waals surface area contributed by atoms with Gasteiger partial charge < -0.3 is 20.0 Å². The second-order valence-corrected chi connectivity index (χ2v) is 5.44. The molecule has 9 heteroatoms. The molecule has 1 amide bonds. The number of anilines is 3. The van der Waals surface area contributed by atoms with E-state index in [2.05, 4.69) is 37.5 Å². The summed E-state index contributed by atoms with van der Waals surface area (Å²) in [5, 5.41) is 0. The van der Waals surface area contributed by atoms with E-state index in [1.165, 1.54) is 12.6 Å². The molecule has 3 rings (SSSR count). The minimum Gasteiger partial charge on any atom is -0.459 e. The van der Waals surface area contributed by atoms with E-state index in [1.807, 2.05) is 0 Å². The molecule has 1 saturated heterocycles. The molecule has 2 aromatic rings. The van der Waals surface area contributed by atoms with Crippen molar-refractivity contribution in [2.75, 3.05) is 48.8 Å². The highest BCUT2D eigenvalue weighted by Crippen LogP contribution is 2.26. The number of hydrogen-bond donors (Lipinski definition) is 3. The van der Waals surface area contributed by atoms with Gasteiger partial charge in [-0.3, -0.25) is 15.6 Å². The number of hydrogen-bond acceptors (Lipinski definition) is 8. The Morgan fingerprint density at radius 1 is 1.33 bits per heavy atom. The lowest BCUT2D eigenvalue weighted by atomic mass is 10.3. The number of rotatable bonds is 5. The SMILES string of the molecule is CCN1CCN(c2ncnc(NNC(=O)c3ccco3)c2N)CC1. The molecule has 0 spiro atoms. The summed E-state index contributed by atoms with van der Waals surface area (Å²) in [4.78, 5) is 24.8. The van der Waals surface area contributed by atoms with Gasteiger partial charge in [0.25, 0.3) is 0 Å². The van der Waals surface area contributed by atoms with Gasteiger partial charge in [-0.2, -0.15) is 0 Å². The standard InChI is InChI=1S/C15H21N7O2/c1-2-21-5-7-22(8-6-21)14-12(16)13(17-10-18-14)19-20-15(23)11-4-3-9-24-11/h3-4,9-10H,2,5-8,16H2,1H3,(H,20,23)(H,17,18,19). The maximum Gasteiger partial charge on any atom is 0.305 e. The molecule has 24 heavy (non-hydrogen) atoms. The van der Waals surface area contributed by atoms with Gasteiger partial charge >= 0.3 is 5.91 Å². The molecule has 1 fully saturated rings. The van der Waals surface area contributed by atoms with Crippen molar-refractivity contribution in [2.45, 2.75) is 6.92 Å². The quantitative estimate of drug-likeness (QED) is 0.681. The van der Waals surface area contributed by atoms with E-state index in [0.717, 1.165) is 32.7 Å². The highest BCUT2D eigenvalue weighted by atomic mass is 16.3. The molecule has 3 heterocycles. The van der Waals surface area contributed by atoms with Crippen LogP contribution >= 0.6 is 0 Å². The molecule has 2 aromatic heterocycles. The zero-order valence-corrected chi connectivity index (χ0v) is 13.5. The second kappa shape index (κ2) is 7.18. The Hall–Kier alpha value is -2.81. The van der Waals surface area contributed by atoms with Crippen molar-refractivity contribution in [3.63, 3.8) is 0 Å². The molecule has 0 aromatic carbocycles. The fourth-order valence-corrected chi connectivity index (χ4v) is 2.60. The topological polar surface area (TPSA) is 113 Å².